The number of Topliss-reactive ketones (excluding diaryl/α,β-unsaturated/α-hetero) is 1. The molecule has 1 aliphatic rings. The molecule has 0 bridgehead atoms. The van der Waals surface area contributed by atoms with Gasteiger partial charge in [0.05, 0.1) is 30.4 Å². The molecule has 35 heavy (non-hydrogen) atoms. The van der Waals surface area contributed by atoms with Crippen LogP contribution < -0.4 is 14.4 Å². The molecule has 1 unspecified atom stereocenters. The molecule has 3 aromatic rings. The van der Waals surface area contributed by atoms with E-state index in [1.165, 1.54) is 12.0 Å². The summed E-state index contributed by atoms with van der Waals surface area (Å²) in [6.45, 7) is 4.49. The van der Waals surface area contributed by atoms with Crippen LogP contribution in [0.2, 0.25) is 5.02 Å². The van der Waals surface area contributed by atoms with E-state index >= 15 is 0 Å². The number of methoxy groups -OCH3 is 1. The van der Waals surface area contributed by atoms with Crippen LogP contribution in [0.15, 0.2) is 72.3 Å². The predicted octanol–water partition coefficient (Wildman–Crippen LogP) is 6.07. The van der Waals surface area contributed by atoms with Crippen LogP contribution in [0.25, 0.3) is 5.76 Å². The van der Waals surface area contributed by atoms with E-state index in [-0.39, 0.29) is 11.3 Å². The van der Waals surface area contributed by atoms with Gasteiger partial charge in [0.2, 0.25) is 0 Å². The van der Waals surface area contributed by atoms with Gasteiger partial charge in [-0.3, -0.25) is 14.5 Å². The van der Waals surface area contributed by atoms with Crippen molar-refractivity contribution in [1.29, 1.82) is 0 Å². The fraction of sp³-hybridized carbons (Fsp3) is 0.214. The Morgan fingerprint density at radius 2 is 1.77 bits per heavy atom. The molecule has 1 fully saturated rings. The first-order valence-corrected chi connectivity index (χ1v) is 11.7. The molecule has 1 saturated heterocycles. The summed E-state index contributed by atoms with van der Waals surface area (Å²) < 4.78 is 10.8. The van der Waals surface area contributed by atoms with Crippen molar-refractivity contribution < 1.29 is 24.2 Å². The number of anilines is 1. The van der Waals surface area contributed by atoms with Crippen LogP contribution in [0.4, 0.5) is 5.69 Å². The lowest BCUT2D eigenvalue weighted by Gasteiger charge is -2.27. The maximum absolute atomic E-state index is 13.3. The zero-order chi connectivity index (χ0) is 25.1. The summed E-state index contributed by atoms with van der Waals surface area (Å²) in [4.78, 5) is 28.0. The van der Waals surface area contributed by atoms with Crippen LogP contribution in [0.5, 0.6) is 11.5 Å². The topological polar surface area (TPSA) is 76.1 Å². The number of halogens is 1. The number of hydrogen-bond acceptors (Lipinski definition) is 5. The Morgan fingerprint density at radius 3 is 2.40 bits per heavy atom. The Labute approximate surface area is 209 Å². The molecule has 0 aliphatic carbocycles. The highest BCUT2D eigenvalue weighted by Crippen LogP contribution is 2.44. The molecule has 0 spiro atoms. The summed E-state index contributed by atoms with van der Waals surface area (Å²) in [6.07, 6.45) is 0.872. The van der Waals surface area contributed by atoms with E-state index in [9.17, 15) is 14.7 Å². The number of benzene rings is 3. The van der Waals surface area contributed by atoms with Gasteiger partial charge in [0.15, 0.2) is 0 Å². The van der Waals surface area contributed by atoms with Gasteiger partial charge in [-0.15, -0.1) is 0 Å². The molecule has 180 valence electrons. The average molecular weight is 492 g/mol. The van der Waals surface area contributed by atoms with Crippen LogP contribution >= 0.6 is 11.6 Å². The van der Waals surface area contributed by atoms with Crippen molar-refractivity contribution in [3.8, 4) is 11.5 Å². The fourth-order valence-corrected chi connectivity index (χ4v) is 4.43. The van der Waals surface area contributed by atoms with E-state index in [0.717, 1.165) is 17.5 Å². The maximum Gasteiger partial charge on any atom is 0.300 e. The normalized spacial score (nSPS) is 17.0. The zero-order valence-electron chi connectivity index (χ0n) is 19.7. The quantitative estimate of drug-likeness (QED) is 0.246. The van der Waals surface area contributed by atoms with Gasteiger partial charge >= 0.3 is 0 Å². The van der Waals surface area contributed by atoms with Gasteiger partial charge < -0.3 is 14.6 Å². The molecule has 1 atom stereocenters. The summed E-state index contributed by atoms with van der Waals surface area (Å²) in [6, 6.07) is 18.3. The third-order valence-electron chi connectivity index (χ3n) is 5.94. The van der Waals surface area contributed by atoms with Crippen molar-refractivity contribution in [2.75, 3.05) is 18.6 Å². The minimum absolute atomic E-state index is 0.0125. The Kier molecular flexibility index (Phi) is 7.12. The van der Waals surface area contributed by atoms with Crippen LogP contribution in [0.1, 0.15) is 36.1 Å². The number of carbonyl (C=O) groups excluding carboxylic acids is 2. The number of aliphatic hydroxyl groups is 1. The number of ether oxygens (including phenoxy) is 2. The smallest absolute Gasteiger partial charge is 0.300 e. The van der Waals surface area contributed by atoms with Crippen LogP contribution in [0, 0.1) is 6.92 Å². The fourth-order valence-electron chi connectivity index (χ4n) is 4.18. The predicted molar refractivity (Wildman–Crippen MR) is 136 cm³/mol. The lowest BCUT2D eigenvalue weighted by atomic mass is 9.92. The molecule has 1 heterocycles. The SMILES string of the molecule is CCCOc1ccc(/C(O)=C2\C(=O)C(=O)N(c3ccc(OC)c(Cl)c3)C2c2ccccc2C)cc1. The van der Waals surface area contributed by atoms with Crippen molar-refractivity contribution in [3.63, 3.8) is 0 Å². The first kappa shape index (κ1) is 24.4. The summed E-state index contributed by atoms with van der Waals surface area (Å²) in [5, 5.41) is 11.6. The first-order chi connectivity index (χ1) is 16.9. The third kappa shape index (κ3) is 4.62. The minimum Gasteiger partial charge on any atom is -0.507 e. The van der Waals surface area contributed by atoms with E-state index in [0.29, 0.717) is 34.4 Å². The van der Waals surface area contributed by atoms with Crippen LogP contribution in [-0.4, -0.2) is 30.5 Å². The van der Waals surface area contributed by atoms with Crippen molar-refractivity contribution in [3.05, 3.63) is 94.0 Å². The van der Waals surface area contributed by atoms with Crippen molar-refractivity contribution >= 4 is 34.7 Å². The van der Waals surface area contributed by atoms with E-state index in [1.54, 1.807) is 42.5 Å². The van der Waals surface area contributed by atoms with Crippen LogP contribution in [0.3, 0.4) is 0 Å². The highest BCUT2D eigenvalue weighted by atomic mass is 35.5. The van der Waals surface area contributed by atoms with Crippen molar-refractivity contribution in [2.45, 2.75) is 26.3 Å². The van der Waals surface area contributed by atoms with Gasteiger partial charge in [-0.05, 0) is 66.9 Å². The van der Waals surface area contributed by atoms with E-state index in [2.05, 4.69) is 0 Å². The molecule has 6 nitrogen and oxygen atoms in total. The van der Waals surface area contributed by atoms with E-state index < -0.39 is 17.7 Å². The minimum atomic E-state index is -0.836. The largest absolute Gasteiger partial charge is 0.507 e. The molecule has 4 rings (SSSR count). The van der Waals surface area contributed by atoms with Gasteiger partial charge in [0, 0.05) is 11.3 Å². The Balaban J connectivity index is 1.87. The Hall–Kier alpha value is -3.77. The maximum atomic E-state index is 13.3. The number of ketones is 1. The lowest BCUT2D eigenvalue weighted by molar-refractivity contribution is -0.132. The highest BCUT2D eigenvalue weighted by Gasteiger charge is 2.47. The number of hydrogen-bond donors (Lipinski definition) is 1. The molecular formula is C28H26ClNO5. The second-order valence-electron chi connectivity index (χ2n) is 8.22. The Bertz CT molecular complexity index is 1300. The van der Waals surface area contributed by atoms with Crippen LogP contribution in [-0.2, 0) is 9.59 Å². The monoisotopic (exact) mass is 491 g/mol. The molecule has 0 aromatic heterocycles. The van der Waals surface area contributed by atoms with Gasteiger partial charge in [0.1, 0.15) is 17.3 Å². The number of carbonyl (C=O) groups is 2. The average Bonchev–Trinajstić information content (AvgIpc) is 3.13. The standard InChI is InChI=1S/C28H26ClNO5/c1-4-15-35-20-12-9-18(10-13-20)26(31)24-25(21-8-6-5-7-17(21)2)30(28(33)27(24)32)19-11-14-23(34-3)22(29)16-19/h5-14,16,25,31H,4,15H2,1-3H3/b26-24+. The van der Waals surface area contributed by atoms with E-state index in [4.69, 9.17) is 21.1 Å². The summed E-state index contributed by atoms with van der Waals surface area (Å²) in [5.74, 6) is -0.657. The summed E-state index contributed by atoms with van der Waals surface area (Å²) >= 11 is 6.34. The lowest BCUT2D eigenvalue weighted by Crippen LogP contribution is -2.29. The number of aryl methyl sites for hydroxylation is 1. The number of nitrogens with zero attached hydrogens (tertiary/aromatic N) is 1. The number of aliphatic hydroxyl groups excluding tert-OH is 1. The number of rotatable bonds is 7. The van der Waals surface area contributed by atoms with Gasteiger partial charge in [-0.25, -0.2) is 0 Å². The van der Waals surface area contributed by atoms with Crippen molar-refractivity contribution in [1.82, 2.24) is 0 Å². The molecule has 0 saturated carbocycles. The second kappa shape index (κ2) is 10.2. The third-order valence-corrected chi connectivity index (χ3v) is 6.24. The highest BCUT2D eigenvalue weighted by molar-refractivity contribution is 6.52. The Morgan fingerprint density at radius 1 is 1.06 bits per heavy atom. The molecule has 1 aliphatic heterocycles. The van der Waals surface area contributed by atoms with E-state index in [1.807, 2.05) is 38.1 Å². The molecule has 7 heteroatoms. The summed E-state index contributed by atoms with van der Waals surface area (Å²) in [7, 11) is 1.50. The van der Waals surface area contributed by atoms with Gasteiger partial charge in [-0.1, -0.05) is 42.8 Å². The first-order valence-electron chi connectivity index (χ1n) is 11.3. The van der Waals surface area contributed by atoms with Gasteiger partial charge in [0.25, 0.3) is 11.7 Å². The molecule has 1 N–H and O–H groups in total. The summed E-state index contributed by atoms with van der Waals surface area (Å²) in [5.41, 5.74) is 2.45. The zero-order valence-corrected chi connectivity index (χ0v) is 20.5. The van der Waals surface area contributed by atoms with Gasteiger partial charge in [-0.2, -0.15) is 0 Å². The second-order valence-corrected chi connectivity index (χ2v) is 8.62. The number of amides is 1. The molecular weight excluding hydrogens is 466 g/mol. The van der Waals surface area contributed by atoms with Crippen molar-refractivity contribution in [2.24, 2.45) is 0 Å². The molecule has 0 radical (unpaired) electrons. The molecule has 3 aromatic carbocycles. The molecule has 1 amide bonds.